The summed E-state index contributed by atoms with van der Waals surface area (Å²) >= 11 is 5.92. The fourth-order valence-electron chi connectivity index (χ4n) is 2.51. The molecule has 1 saturated heterocycles. The van der Waals surface area contributed by atoms with Gasteiger partial charge in [-0.25, -0.2) is 13.1 Å². The van der Waals surface area contributed by atoms with Crippen molar-refractivity contribution in [3.8, 4) is 0 Å². The molecule has 0 atom stereocenters. The van der Waals surface area contributed by atoms with Gasteiger partial charge in [-0.05, 0) is 26.0 Å². The summed E-state index contributed by atoms with van der Waals surface area (Å²) in [7, 11) is -3.83. The van der Waals surface area contributed by atoms with E-state index in [9.17, 15) is 18.5 Å². The van der Waals surface area contributed by atoms with Gasteiger partial charge in [0.25, 0.3) is 5.69 Å². The first kappa shape index (κ1) is 25.3. The second-order valence-corrected chi connectivity index (χ2v) is 7.82. The Morgan fingerprint density at radius 2 is 1.92 bits per heavy atom. The summed E-state index contributed by atoms with van der Waals surface area (Å²) < 4.78 is 27.1. The molecule has 8 nitrogen and oxygen atoms in total. The Morgan fingerprint density at radius 1 is 1.31 bits per heavy atom. The highest BCUT2D eigenvalue weighted by molar-refractivity contribution is 7.89. The van der Waals surface area contributed by atoms with Crippen LogP contribution in [-0.4, -0.2) is 57.5 Å². The molecule has 1 aliphatic rings. The van der Waals surface area contributed by atoms with Crippen LogP contribution in [0.3, 0.4) is 0 Å². The summed E-state index contributed by atoms with van der Waals surface area (Å²) in [5.41, 5.74) is -0.0528. The lowest BCUT2D eigenvalue weighted by Crippen LogP contribution is -2.44. The topological polar surface area (TPSA) is 105 Å². The minimum absolute atomic E-state index is 0. The van der Waals surface area contributed by atoms with Crippen LogP contribution in [0.1, 0.15) is 12.0 Å². The molecule has 0 aromatic heterocycles. The van der Waals surface area contributed by atoms with Crippen LogP contribution in [0.5, 0.6) is 0 Å². The number of nitrogens with one attached hydrogen (secondary N) is 2. The Balaban J connectivity index is 0.00000312. The van der Waals surface area contributed by atoms with Crippen LogP contribution in [0.25, 0.3) is 0 Å². The molecule has 150 valence electrons. The van der Waals surface area contributed by atoms with E-state index in [0.29, 0.717) is 6.42 Å². The van der Waals surface area contributed by atoms with E-state index in [1.54, 1.807) is 0 Å². The maximum atomic E-state index is 12.3. The molecule has 1 aromatic carbocycles. The number of hydrogen-bond donors (Lipinski definition) is 2. The molecule has 26 heavy (non-hydrogen) atoms. The van der Waals surface area contributed by atoms with Crippen molar-refractivity contribution < 1.29 is 13.3 Å². The van der Waals surface area contributed by atoms with Crippen molar-refractivity contribution in [2.24, 2.45) is 0 Å². The van der Waals surface area contributed by atoms with Crippen molar-refractivity contribution in [1.29, 1.82) is 0 Å². The molecule has 0 amide bonds. The molecular weight excluding hydrogens is 427 g/mol. The fourth-order valence-corrected chi connectivity index (χ4v) is 3.91. The predicted octanol–water partition coefficient (Wildman–Crippen LogP) is 1.97. The molecule has 0 spiro atoms. The normalized spacial score (nSPS) is 15.0. The van der Waals surface area contributed by atoms with Crippen LogP contribution in [-0.2, 0) is 10.0 Å². The molecule has 2 N–H and O–H groups in total. The van der Waals surface area contributed by atoms with E-state index in [1.165, 1.54) is 13.0 Å². The molecule has 1 aromatic rings. The Kier molecular flexibility index (Phi) is 10.9. The van der Waals surface area contributed by atoms with Gasteiger partial charge in [0, 0.05) is 44.4 Å². The van der Waals surface area contributed by atoms with Gasteiger partial charge in [0.2, 0.25) is 10.0 Å². The smallest absolute Gasteiger partial charge is 0.275 e. The third-order valence-corrected chi connectivity index (χ3v) is 5.78. The zero-order valence-corrected chi connectivity index (χ0v) is 17.4. The Bertz CT molecular complexity index is 712. The third-order valence-electron chi connectivity index (χ3n) is 3.95. The number of nitro groups is 1. The molecule has 12 heteroatoms. The molecule has 0 aliphatic carbocycles. The summed E-state index contributed by atoms with van der Waals surface area (Å²) in [6.07, 6.45) is 0.668. The molecule has 1 aliphatic heterocycles. The van der Waals surface area contributed by atoms with E-state index in [0.717, 1.165) is 38.8 Å². The average molecular weight is 450 g/mol. The Labute approximate surface area is 170 Å². The van der Waals surface area contributed by atoms with Gasteiger partial charge in [-0.1, -0.05) is 11.6 Å². The van der Waals surface area contributed by atoms with E-state index < -0.39 is 14.9 Å². The predicted molar refractivity (Wildman–Crippen MR) is 106 cm³/mol. The van der Waals surface area contributed by atoms with E-state index in [-0.39, 0.29) is 52.5 Å². The highest BCUT2D eigenvalue weighted by Gasteiger charge is 2.22. The molecule has 2 rings (SSSR count). The zero-order chi connectivity index (χ0) is 17.7. The van der Waals surface area contributed by atoms with Crippen LogP contribution in [0.15, 0.2) is 17.0 Å². The van der Waals surface area contributed by atoms with Crippen molar-refractivity contribution in [1.82, 2.24) is 14.9 Å². The lowest BCUT2D eigenvalue weighted by molar-refractivity contribution is -0.385. The van der Waals surface area contributed by atoms with Crippen molar-refractivity contribution >= 4 is 52.1 Å². The van der Waals surface area contributed by atoms with Gasteiger partial charge in [0.05, 0.1) is 14.8 Å². The van der Waals surface area contributed by atoms with Crippen LogP contribution in [0, 0.1) is 17.0 Å². The monoisotopic (exact) mass is 448 g/mol. The van der Waals surface area contributed by atoms with Gasteiger partial charge in [0.1, 0.15) is 0 Å². The van der Waals surface area contributed by atoms with Crippen LogP contribution in [0.4, 0.5) is 5.69 Å². The summed E-state index contributed by atoms with van der Waals surface area (Å²) in [5.74, 6) is 0. The minimum Gasteiger partial charge on any atom is -0.314 e. The lowest BCUT2D eigenvalue weighted by atomic mass is 10.2. The summed E-state index contributed by atoms with van der Waals surface area (Å²) in [4.78, 5) is 12.4. The summed E-state index contributed by atoms with van der Waals surface area (Å²) in [6.45, 7) is 6.34. The van der Waals surface area contributed by atoms with E-state index in [1.807, 2.05) is 0 Å². The van der Waals surface area contributed by atoms with Crippen LogP contribution >= 0.6 is 36.4 Å². The number of hydrogen-bond acceptors (Lipinski definition) is 6. The second-order valence-electron chi connectivity index (χ2n) is 5.65. The number of halogens is 3. The number of nitrogens with zero attached hydrogens (tertiary/aromatic N) is 2. The van der Waals surface area contributed by atoms with Crippen LogP contribution in [0.2, 0.25) is 5.02 Å². The maximum absolute atomic E-state index is 12.3. The van der Waals surface area contributed by atoms with Crippen molar-refractivity contribution in [3.05, 3.63) is 32.8 Å². The maximum Gasteiger partial charge on any atom is 0.275 e. The first-order chi connectivity index (χ1) is 11.3. The molecular formula is C14H23Cl3N4O4S. The van der Waals surface area contributed by atoms with Gasteiger partial charge >= 0.3 is 0 Å². The second kappa shape index (κ2) is 11.2. The van der Waals surface area contributed by atoms with Gasteiger partial charge in [-0.3, -0.25) is 10.1 Å². The number of benzene rings is 1. The first-order valence-electron chi connectivity index (χ1n) is 7.68. The number of sulfonamides is 1. The molecule has 1 heterocycles. The quantitative estimate of drug-likeness (QED) is 0.375. The van der Waals surface area contributed by atoms with Crippen molar-refractivity contribution in [2.75, 3.05) is 39.3 Å². The van der Waals surface area contributed by atoms with Crippen molar-refractivity contribution in [3.63, 3.8) is 0 Å². The summed E-state index contributed by atoms with van der Waals surface area (Å²) in [6, 6.07) is 2.28. The zero-order valence-electron chi connectivity index (χ0n) is 14.2. The van der Waals surface area contributed by atoms with Gasteiger partial charge in [0.15, 0.2) is 0 Å². The SMILES string of the molecule is Cc1c(Cl)cc(S(=O)(=O)NCCCN2CCNCC2)cc1[N+](=O)[O-].Cl.Cl. The van der Waals surface area contributed by atoms with Crippen LogP contribution < -0.4 is 10.0 Å². The van der Waals surface area contributed by atoms with E-state index >= 15 is 0 Å². The summed E-state index contributed by atoms with van der Waals surface area (Å²) in [5, 5.41) is 14.3. The van der Waals surface area contributed by atoms with E-state index in [2.05, 4.69) is 14.9 Å². The number of nitro benzene ring substituents is 1. The average Bonchev–Trinajstić information content (AvgIpc) is 2.54. The largest absolute Gasteiger partial charge is 0.314 e. The van der Waals surface area contributed by atoms with Gasteiger partial charge < -0.3 is 10.2 Å². The first-order valence-corrected chi connectivity index (χ1v) is 9.54. The molecule has 0 radical (unpaired) electrons. The molecule has 0 saturated carbocycles. The lowest BCUT2D eigenvalue weighted by Gasteiger charge is -2.27. The highest BCUT2D eigenvalue weighted by atomic mass is 35.5. The third kappa shape index (κ3) is 6.80. The standard InChI is InChI=1S/C14H21ClN4O4S.2ClH/c1-11-13(15)9-12(10-14(11)19(20)21)24(22,23)17-3-2-6-18-7-4-16-5-8-18;;/h9-10,16-17H,2-8H2,1H3;2*1H. The fraction of sp³-hybridized carbons (Fsp3) is 0.571. The minimum atomic E-state index is -3.83. The van der Waals surface area contributed by atoms with Gasteiger partial charge in [-0.15, -0.1) is 24.8 Å². The molecule has 1 fully saturated rings. The molecule has 0 bridgehead atoms. The Hall–Kier alpha value is -0.680. The number of rotatable bonds is 7. The van der Waals surface area contributed by atoms with E-state index in [4.69, 9.17) is 11.6 Å². The highest BCUT2D eigenvalue weighted by Crippen LogP contribution is 2.29. The number of piperazine rings is 1. The van der Waals surface area contributed by atoms with Gasteiger partial charge in [-0.2, -0.15) is 0 Å². The van der Waals surface area contributed by atoms with Crippen molar-refractivity contribution in [2.45, 2.75) is 18.2 Å². The Morgan fingerprint density at radius 3 is 2.50 bits per heavy atom. The molecule has 0 unspecified atom stereocenters.